The molecule has 0 heterocycles. The third kappa shape index (κ3) is 3.37. The molecule has 0 spiro atoms. The molecule has 2 rings (SSSR count). The summed E-state index contributed by atoms with van der Waals surface area (Å²) in [6.45, 7) is 2.07. The van der Waals surface area contributed by atoms with Crippen molar-refractivity contribution in [3.8, 4) is 12.1 Å². The molecule has 0 aliphatic rings. The van der Waals surface area contributed by atoms with Gasteiger partial charge in [0, 0.05) is 10.6 Å². The molecule has 0 atom stereocenters. The van der Waals surface area contributed by atoms with Crippen LogP contribution in [0.3, 0.4) is 0 Å². The minimum atomic E-state index is 0.433. The summed E-state index contributed by atoms with van der Waals surface area (Å²) >= 11 is 1.67. The molecule has 0 radical (unpaired) electrons. The minimum Gasteiger partial charge on any atom is -0.192 e. The van der Waals surface area contributed by atoms with Crippen LogP contribution in [0.5, 0.6) is 0 Å². The van der Waals surface area contributed by atoms with Gasteiger partial charge in [-0.1, -0.05) is 29.8 Å². The fraction of sp³-hybridized carbons (Fsp3) is 0.125. The predicted octanol–water partition coefficient (Wildman–Crippen LogP) is 4.03. The number of hydrogen-bond acceptors (Lipinski definition) is 3. The van der Waals surface area contributed by atoms with Crippen LogP contribution in [0.4, 0.5) is 0 Å². The summed E-state index contributed by atoms with van der Waals surface area (Å²) in [7, 11) is 0. The van der Waals surface area contributed by atoms with Crippen molar-refractivity contribution >= 4 is 11.8 Å². The highest BCUT2D eigenvalue weighted by Gasteiger charge is 2.03. The van der Waals surface area contributed by atoms with E-state index in [0.717, 1.165) is 10.6 Å². The van der Waals surface area contributed by atoms with Gasteiger partial charge < -0.3 is 0 Å². The first-order valence-corrected chi connectivity index (χ1v) is 6.84. The van der Waals surface area contributed by atoms with Gasteiger partial charge in [-0.25, -0.2) is 0 Å². The third-order valence-electron chi connectivity index (χ3n) is 2.76. The van der Waals surface area contributed by atoms with Crippen LogP contribution >= 0.6 is 11.8 Å². The number of hydrogen-bond donors (Lipinski definition) is 0. The van der Waals surface area contributed by atoms with E-state index in [1.165, 1.54) is 11.1 Å². The van der Waals surface area contributed by atoms with Crippen LogP contribution < -0.4 is 0 Å². The van der Waals surface area contributed by atoms with Gasteiger partial charge in [-0.15, -0.1) is 11.8 Å². The number of aryl methyl sites for hydroxylation is 1. The molecule has 2 aromatic rings. The number of rotatable bonds is 3. The van der Waals surface area contributed by atoms with Crippen LogP contribution in [0.15, 0.2) is 47.4 Å². The topological polar surface area (TPSA) is 47.6 Å². The summed E-state index contributed by atoms with van der Waals surface area (Å²) in [4.78, 5) is 1.01. The lowest BCUT2D eigenvalue weighted by molar-refractivity contribution is 1.33. The second-order valence-corrected chi connectivity index (χ2v) is 5.25. The fourth-order valence-corrected chi connectivity index (χ4v) is 2.55. The molecule has 0 unspecified atom stereocenters. The van der Waals surface area contributed by atoms with Crippen LogP contribution in [0, 0.1) is 29.6 Å². The molecule has 19 heavy (non-hydrogen) atoms. The second-order valence-electron chi connectivity index (χ2n) is 4.21. The molecule has 92 valence electrons. The molecule has 3 heteroatoms. The van der Waals surface area contributed by atoms with Gasteiger partial charge in [0.15, 0.2) is 0 Å². The Morgan fingerprint density at radius 3 is 2.26 bits per heavy atom. The van der Waals surface area contributed by atoms with Crippen molar-refractivity contribution in [2.45, 2.75) is 17.6 Å². The zero-order valence-corrected chi connectivity index (χ0v) is 11.4. The largest absolute Gasteiger partial charge is 0.192 e. The first-order valence-electron chi connectivity index (χ1n) is 5.85. The highest BCUT2D eigenvalue weighted by atomic mass is 32.2. The maximum absolute atomic E-state index is 8.98. The normalized spacial score (nSPS) is 9.63. The Morgan fingerprint density at radius 1 is 0.947 bits per heavy atom. The van der Waals surface area contributed by atoms with Crippen LogP contribution in [0.25, 0.3) is 0 Å². The van der Waals surface area contributed by atoms with Gasteiger partial charge >= 0.3 is 0 Å². The maximum atomic E-state index is 8.98. The molecule has 0 aliphatic carbocycles. The molecular formula is C16H12N2S. The molecule has 2 aromatic carbocycles. The number of nitrogens with zero attached hydrogens (tertiary/aromatic N) is 2. The molecule has 2 nitrogen and oxygen atoms in total. The summed E-state index contributed by atoms with van der Waals surface area (Å²) < 4.78 is 0. The van der Waals surface area contributed by atoms with Crippen molar-refractivity contribution in [3.63, 3.8) is 0 Å². The Balaban J connectivity index is 2.10. The lowest BCUT2D eigenvalue weighted by Crippen LogP contribution is -1.85. The average Bonchev–Trinajstić information content (AvgIpc) is 2.46. The van der Waals surface area contributed by atoms with Crippen molar-refractivity contribution in [1.82, 2.24) is 0 Å². The standard InChI is InChI=1S/C16H12N2S/c1-12-2-4-13(5-3-12)11-19-16-7-6-14(9-17)15(8-16)10-18/h2-8H,11H2,1H3. The van der Waals surface area contributed by atoms with E-state index in [-0.39, 0.29) is 0 Å². The van der Waals surface area contributed by atoms with E-state index < -0.39 is 0 Å². The molecule has 0 bridgehead atoms. The number of thioether (sulfide) groups is 1. The Kier molecular flexibility index (Phi) is 4.23. The zero-order chi connectivity index (χ0) is 13.7. The van der Waals surface area contributed by atoms with E-state index in [0.29, 0.717) is 11.1 Å². The van der Waals surface area contributed by atoms with Crippen LogP contribution in [0.2, 0.25) is 0 Å². The average molecular weight is 264 g/mol. The Labute approximate surface area is 117 Å². The van der Waals surface area contributed by atoms with Gasteiger partial charge in [0.1, 0.15) is 12.1 Å². The second kappa shape index (κ2) is 6.09. The SMILES string of the molecule is Cc1ccc(CSc2ccc(C#N)c(C#N)c2)cc1. The monoisotopic (exact) mass is 264 g/mol. The van der Waals surface area contributed by atoms with Gasteiger partial charge in [0.2, 0.25) is 0 Å². The van der Waals surface area contributed by atoms with Crippen molar-refractivity contribution in [3.05, 3.63) is 64.7 Å². The first-order chi connectivity index (χ1) is 9.22. The van der Waals surface area contributed by atoms with Gasteiger partial charge in [-0.2, -0.15) is 10.5 Å². The van der Waals surface area contributed by atoms with E-state index in [1.54, 1.807) is 23.9 Å². The summed E-state index contributed by atoms with van der Waals surface area (Å²) in [6.07, 6.45) is 0. The maximum Gasteiger partial charge on any atom is 0.101 e. The lowest BCUT2D eigenvalue weighted by Gasteiger charge is -2.04. The molecule has 0 saturated carbocycles. The lowest BCUT2D eigenvalue weighted by atomic mass is 10.1. The molecule has 0 N–H and O–H groups in total. The van der Waals surface area contributed by atoms with Crippen molar-refractivity contribution in [1.29, 1.82) is 10.5 Å². The summed E-state index contributed by atoms with van der Waals surface area (Å²) in [5.74, 6) is 0.858. The van der Waals surface area contributed by atoms with Crippen LogP contribution in [0.1, 0.15) is 22.3 Å². The van der Waals surface area contributed by atoms with Crippen LogP contribution in [-0.4, -0.2) is 0 Å². The van der Waals surface area contributed by atoms with Gasteiger partial charge in [-0.05, 0) is 30.7 Å². The van der Waals surface area contributed by atoms with E-state index >= 15 is 0 Å². The first kappa shape index (κ1) is 13.2. The van der Waals surface area contributed by atoms with Gasteiger partial charge in [0.25, 0.3) is 0 Å². The van der Waals surface area contributed by atoms with E-state index in [9.17, 15) is 0 Å². The summed E-state index contributed by atoms with van der Waals surface area (Å²) in [5.41, 5.74) is 3.37. The molecule has 0 fully saturated rings. The Hall–Kier alpha value is -2.23. The number of nitriles is 2. The smallest absolute Gasteiger partial charge is 0.101 e. The summed E-state index contributed by atoms with van der Waals surface area (Å²) in [5, 5.41) is 17.8. The molecule has 0 amide bonds. The molecule has 0 aromatic heterocycles. The van der Waals surface area contributed by atoms with Gasteiger partial charge in [0.05, 0.1) is 11.1 Å². The third-order valence-corrected chi connectivity index (χ3v) is 3.82. The van der Waals surface area contributed by atoms with E-state index in [4.69, 9.17) is 10.5 Å². The number of benzene rings is 2. The minimum absolute atomic E-state index is 0.433. The van der Waals surface area contributed by atoms with E-state index in [2.05, 4.69) is 37.3 Å². The van der Waals surface area contributed by atoms with E-state index in [1.807, 2.05) is 12.1 Å². The van der Waals surface area contributed by atoms with Crippen molar-refractivity contribution in [2.24, 2.45) is 0 Å². The fourth-order valence-electron chi connectivity index (χ4n) is 1.65. The van der Waals surface area contributed by atoms with Gasteiger partial charge in [-0.3, -0.25) is 0 Å². The quantitative estimate of drug-likeness (QED) is 0.786. The predicted molar refractivity (Wildman–Crippen MR) is 76.6 cm³/mol. The molecule has 0 saturated heterocycles. The van der Waals surface area contributed by atoms with Crippen molar-refractivity contribution < 1.29 is 0 Å². The highest BCUT2D eigenvalue weighted by molar-refractivity contribution is 7.98. The van der Waals surface area contributed by atoms with Crippen LogP contribution in [-0.2, 0) is 5.75 Å². The van der Waals surface area contributed by atoms with Crippen molar-refractivity contribution in [2.75, 3.05) is 0 Å². The summed E-state index contributed by atoms with van der Waals surface area (Å²) in [6, 6.07) is 17.8. The zero-order valence-electron chi connectivity index (χ0n) is 10.6. The molecule has 0 aliphatic heterocycles. The highest BCUT2D eigenvalue weighted by Crippen LogP contribution is 2.25. The Morgan fingerprint density at radius 2 is 1.63 bits per heavy atom. The Bertz CT molecular complexity index is 661. The molecular weight excluding hydrogens is 252 g/mol.